The highest BCUT2D eigenvalue weighted by atomic mass is 16.3. The SMILES string of the molecule is CC(C)(C)c1ccc(C(=O)Nc2cccc(-c3nc(N)nc(Cc4ccc(C(N)=O)cc4)n3)c2CO)cc1. The number of aliphatic hydroxyl groups is 1. The quantitative estimate of drug-likeness (QED) is 0.294. The van der Waals surface area contributed by atoms with Crippen molar-refractivity contribution >= 4 is 23.5 Å². The minimum Gasteiger partial charge on any atom is -0.392 e. The molecule has 0 radical (unpaired) electrons. The lowest BCUT2D eigenvalue weighted by atomic mass is 9.86. The van der Waals surface area contributed by atoms with Crippen LogP contribution >= 0.6 is 0 Å². The molecule has 2 amide bonds. The van der Waals surface area contributed by atoms with Crippen LogP contribution in [0.3, 0.4) is 0 Å². The maximum atomic E-state index is 13.0. The normalized spacial score (nSPS) is 11.3. The molecule has 9 nitrogen and oxygen atoms in total. The third-order valence-corrected chi connectivity index (χ3v) is 6.14. The lowest BCUT2D eigenvalue weighted by molar-refractivity contribution is 0.0997. The highest BCUT2D eigenvalue weighted by molar-refractivity contribution is 6.05. The second-order valence-electron chi connectivity index (χ2n) is 9.94. The largest absolute Gasteiger partial charge is 0.392 e. The molecule has 0 atom stereocenters. The number of carbonyl (C=O) groups excluding carboxylic acids is 2. The van der Waals surface area contributed by atoms with Gasteiger partial charge in [-0.1, -0.05) is 57.2 Å². The van der Waals surface area contributed by atoms with Crippen molar-refractivity contribution in [1.29, 1.82) is 0 Å². The molecule has 1 aromatic heterocycles. The molecule has 0 aliphatic rings. The zero-order valence-corrected chi connectivity index (χ0v) is 21.5. The van der Waals surface area contributed by atoms with Gasteiger partial charge in [0.25, 0.3) is 5.91 Å². The maximum absolute atomic E-state index is 13.0. The smallest absolute Gasteiger partial charge is 0.255 e. The standard InChI is InChI=1S/C29H30N6O3/c1-29(2,3)20-13-11-19(12-14-20)27(38)32-23-6-4-5-21(22(23)16-36)26-33-24(34-28(31)35-26)15-17-7-9-18(10-8-17)25(30)37/h4-14,36H,15-16H2,1-3H3,(H2,30,37)(H,32,38)(H2,31,33,34,35). The summed E-state index contributed by atoms with van der Waals surface area (Å²) in [6, 6.07) is 19.5. The van der Waals surface area contributed by atoms with Crippen LogP contribution in [0, 0.1) is 0 Å². The predicted molar refractivity (Wildman–Crippen MR) is 146 cm³/mol. The van der Waals surface area contributed by atoms with Crippen LogP contribution in [-0.4, -0.2) is 31.9 Å². The van der Waals surface area contributed by atoms with Crippen LogP contribution < -0.4 is 16.8 Å². The zero-order chi connectivity index (χ0) is 27.4. The average molecular weight is 511 g/mol. The van der Waals surface area contributed by atoms with Crippen LogP contribution in [0.2, 0.25) is 0 Å². The molecule has 0 bridgehead atoms. The summed E-state index contributed by atoms with van der Waals surface area (Å²) in [4.78, 5) is 37.4. The molecule has 0 saturated carbocycles. The summed E-state index contributed by atoms with van der Waals surface area (Å²) in [6.07, 6.45) is 0.341. The first-order valence-corrected chi connectivity index (χ1v) is 12.1. The first-order valence-electron chi connectivity index (χ1n) is 12.1. The number of nitrogens with two attached hydrogens (primary N) is 2. The van der Waals surface area contributed by atoms with Crippen LogP contribution in [0.1, 0.15) is 64.0 Å². The van der Waals surface area contributed by atoms with Gasteiger partial charge in [-0.05, 0) is 46.9 Å². The number of aromatic nitrogens is 3. The van der Waals surface area contributed by atoms with Crippen LogP contribution in [0.15, 0.2) is 66.7 Å². The van der Waals surface area contributed by atoms with Crippen LogP contribution in [0.4, 0.5) is 11.6 Å². The molecule has 0 fully saturated rings. The van der Waals surface area contributed by atoms with E-state index in [0.717, 1.165) is 11.1 Å². The molecule has 4 rings (SSSR count). The summed E-state index contributed by atoms with van der Waals surface area (Å²) in [7, 11) is 0. The van der Waals surface area contributed by atoms with Gasteiger partial charge in [0.05, 0.1) is 6.61 Å². The summed E-state index contributed by atoms with van der Waals surface area (Å²) in [6.45, 7) is 5.98. The molecular formula is C29H30N6O3. The number of nitrogens with one attached hydrogen (secondary N) is 1. The van der Waals surface area contributed by atoms with Crippen molar-refractivity contribution in [3.8, 4) is 11.4 Å². The predicted octanol–water partition coefficient (Wildman–Crippen LogP) is 3.85. The molecule has 0 saturated heterocycles. The minimum atomic E-state index is -0.506. The summed E-state index contributed by atoms with van der Waals surface area (Å²) in [5, 5.41) is 13.1. The monoisotopic (exact) mass is 510 g/mol. The number of carbonyl (C=O) groups is 2. The van der Waals surface area contributed by atoms with Crippen molar-refractivity contribution < 1.29 is 14.7 Å². The topological polar surface area (TPSA) is 157 Å². The van der Waals surface area contributed by atoms with Crippen molar-refractivity contribution in [3.63, 3.8) is 0 Å². The fourth-order valence-electron chi connectivity index (χ4n) is 4.01. The molecule has 38 heavy (non-hydrogen) atoms. The van der Waals surface area contributed by atoms with E-state index in [1.54, 1.807) is 54.6 Å². The van der Waals surface area contributed by atoms with Gasteiger partial charge in [-0.2, -0.15) is 9.97 Å². The van der Waals surface area contributed by atoms with Gasteiger partial charge in [0.15, 0.2) is 5.82 Å². The number of nitrogen functional groups attached to an aromatic ring is 1. The highest BCUT2D eigenvalue weighted by Crippen LogP contribution is 2.29. The molecular weight excluding hydrogens is 480 g/mol. The average Bonchev–Trinajstić information content (AvgIpc) is 2.88. The Labute approximate surface area is 221 Å². The lowest BCUT2D eigenvalue weighted by Gasteiger charge is -2.19. The Morgan fingerprint density at radius 1 is 0.895 bits per heavy atom. The summed E-state index contributed by atoms with van der Waals surface area (Å²) >= 11 is 0. The number of nitrogens with zero attached hydrogens (tertiary/aromatic N) is 3. The van der Waals surface area contributed by atoms with Crippen molar-refractivity contribution in [1.82, 2.24) is 15.0 Å². The summed E-state index contributed by atoms with van der Waals surface area (Å²) in [5.74, 6) is -0.0928. The summed E-state index contributed by atoms with van der Waals surface area (Å²) < 4.78 is 0. The van der Waals surface area contributed by atoms with E-state index < -0.39 is 5.91 Å². The molecule has 0 aliphatic heterocycles. The molecule has 4 aromatic rings. The first kappa shape index (κ1) is 26.4. The number of hydrogen-bond donors (Lipinski definition) is 4. The highest BCUT2D eigenvalue weighted by Gasteiger charge is 2.18. The Balaban J connectivity index is 1.61. The van der Waals surface area contributed by atoms with Gasteiger partial charge in [0.2, 0.25) is 11.9 Å². The molecule has 1 heterocycles. The van der Waals surface area contributed by atoms with E-state index in [1.807, 2.05) is 12.1 Å². The fraction of sp³-hybridized carbons (Fsp3) is 0.207. The van der Waals surface area contributed by atoms with Crippen LogP contribution in [-0.2, 0) is 18.4 Å². The second-order valence-corrected chi connectivity index (χ2v) is 9.94. The fourth-order valence-corrected chi connectivity index (χ4v) is 4.01. The number of rotatable bonds is 7. The van der Waals surface area contributed by atoms with Gasteiger partial charge in [0.1, 0.15) is 5.82 Å². The molecule has 0 spiro atoms. The van der Waals surface area contributed by atoms with Gasteiger partial charge < -0.3 is 21.9 Å². The van der Waals surface area contributed by atoms with E-state index >= 15 is 0 Å². The van der Waals surface area contributed by atoms with E-state index in [1.165, 1.54) is 0 Å². The van der Waals surface area contributed by atoms with E-state index in [4.69, 9.17) is 11.5 Å². The van der Waals surface area contributed by atoms with E-state index in [2.05, 4.69) is 41.0 Å². The van der Waals surface area contributed by atoms with Crippen molar-refractivity contribution in [2.45, 2.75) is 39.2 Å². The third kappa shape index (κ3) is 6.01. The Hall–Kier alpha value is -4.63. The number of hydrogen-bond acceptors (Lipinski definition) is 7. The number of benzene rings is 3. The maximum Gasteiger partial charge on any atom is 0.255 e. The molecule has 6 N–H and O–H groups in total. The first-order chi connectivity index (χ1) is 18.0. The Kier molecular flexibility index (Phi) is 7.50. The number of amides is 2. The van der Waals surface area contributed by atoms with Crippen molar-refractivity contribution in [2.75, 3.05) is 11.1 Å². The third-order valence-electron chi connectivity index (χ3n) is 6.14. The van der Waals surface area contributed by atoms with Gasteiger partial charge in [0, 0.05) is 34.4 Å². The summed E-state index contributed by atoms with van der Waals surface area (Å²) in [5.41, 5.74) is 15.6. The van der Waals surface area contributed by atoms with E-state index in [-0.39, 0.29) is 29.7 Å². The number of aliphatic hydroxyl groups excluding tert-OH is 1. The Bertz CT molecular complexity index is 1480. The Morgan fingerprint density at radius 3 is 2.16 bits per heavy atom. The molecule has 0 unspecified atom stereocenters. The molecule has 194 valence electrons. The van der Waals surface area contributed by atoms with Gasteiger partial charge in [-0.15, -0.1) is 0 Å². The van der Waals surface area contributed by atoms with Gasteiger partial charge >= 0.3 is 0 Å². The molecule has 0 aliphatic carbocycles. The van der Waals surface area contributed by atoms with Crippen LogP contribution in [0.25, 0.3) is 11.4 Å². The zero-order valence-electron chi connectivity index (χ0n) is 21.5. The Morgan fingerprint density at radius 2 is 1.55 bits per heavy atom. The lowest BCUT2D eigenvalue weighted by Crippen LogP contribution is -2.15. The second kappa shape index (κ2) is 10.8. The van der Waals surface area contributed by atoms with E-state index in [9.17, 15) is 14.7 Å². The number of anilines is 2. The molecule has 3 aromatic carbocycles. The van der Waals surface area contributed by atoms with E-state index in [0.29, 0.717) is 40.2 Å². The van der Waals surface area contributed by atoms with Gasteiger partial charge in [-0.25, -0.2) is 4.98 Å². The molecule has 9 heteroatoms. The number of primary amides is 1. The van der Waals surface area contributed by atoms with Crippen molar-refractivity contribution in [2.24, 2.45) is 5.73 Å². The van der Waals surface area contributed by atoms with Crippen LogP contribution in [0.5, 0.6) is 0 Å². The minimum absolute atomic E-state index is 0.0222. The van der Waals surface area contributed by atoms with Gasteiger partial charge in [-0.3, -0.25) is 9.59 Å². The van der Waals surface area contributed by atoms with Crippen molar-refractivity contribution in [3.05, 3.63) is 100 Å².